The molecular weight excluding hydrogens is 198 g/mol. The van der Waals surface area contributed by atoms with Crippen LogP contribution < -0.4 is 5.73 Å². The summed E-state index contributed by atoms with van der Waals surface area (Å²) in [6, 6.07) is 0. The summed E-state index contributed by atoms with van der Waals surface area (Å²) in [5, 5.41) is 0.698. The molecule has 0 bridgehead atoms. The van der Waals surface area contributed by atoms with Crippen molar-refractivity contribution >= 4 is 11.6 Å². The first-order valence-electron chi connectivity index (χ1n) is 4.88. The average molecular weight is 216 g/mol. The minimum atomic E-state index is 0.0295. The van der Waals surface area contributed by atoms with Gasteiger partial charge in [0.05, 0.1) is 6.20 Å². The van der Waals surface area contributed by atoms with Gasteiger partial charge in [0.2, 0.25) is 0 Å². The zero-order valence-electron chi connectivity index (χ0n) is 9.05. The molecule has 14 heavy (non-hydrogen) atoms. The molecule has 0 amide bonds. The first-order chi connectivity index (χ1) is 6.46. The van der Waals surface area contributed by atoms with Gasteiger partial charge in [-0.15, -0.1) is 0 Å². The summed E-state index contributed by atoms with van der Waals surface area (Å²) in [7, 11) is 0. The van der Waals surface area contributed by atoms with Crippen molar-refractivity contribution in [2.45, 2.75) is 39.2 Å². The molecule has 1 rings (SSSR count). The van der Waals surface area contributed by atoms with Crippen molar-refractivity contribution in [2.75, 3.05) is 6.54 Å². The van der Waals surface area contributed by atoms with E-state index < -0.39 is 0 Å². The van der Waals surface area contributed by atoms with E-state index in [4.69, 9.17) is 17.3 Å². The smallest absolute Gasteiger partial charge is 0.128 e. The van der Waals surface area contributed by atoms with Gasteiger partial charge < -0.3 is 10.3 Å². The van der Waals surface area contributed by atoms with Crippen molar-refractivity contribution in [3.8, 4) is 0 Å². The lowest BCUT2D eigenvalue weighted by Crippen LogP contribution is -2.20. The van der Waals surface area contributed by atoms with Gasteiger partial charge in [0.15, 0.2) is 0 Å². The normalized spacial score (nSPS) is 12.1. The molecule has 0 atom stereocenters. The molecule has 80 valence electrons. The lowest BCUT2D eigenvalue weighted by Gasteiger charge is -2.20. The lowest BCUT2D eigenvalue weighted by atomic mass is 9.95. The molecule has 0 fully saturated rings. The van der Waals surface area contributed by atoms with Crippen molar-refractivity contribution in [1.82, 2.24) is 9.55 Å². The molecule has 0 spiro atoms. The molecule has 0 aliphatic carbocycles. The summed E-state index contributed by atoms with van der Waals surface area (Å²) in [6.07, 6.45) is 2.64. The van der Waals surface area contributed by atoms with Crippen molar-refractivity contribution in [2.24, 2.45) is 5.73 Å². The first-order valence-corrected chi connectivity index (χ1v) is 5.26. The molecule has 1 aromatic rings. The Morgan fingerprint density at radius 1 is 1.50 bits per heavy atom. The van der Waals surface area contributed by atoms with Gasteiger partial charge in [0.1, 0.15) is 11.0 Å². The minimum absolute atomic E-state index is 0.0295. The number of hydrogen-bond acceptors (Lipinski definition) is 2. The maximum absolute atomic E-state index is 6.05. The standard InChI is InChI=1S/C10H18ClN3/c1-10(2,3)9-13-7-8(11)14(9)6-4-5-12/h7H,4-6,12H2,1-3H3. The molecule has 3 nitrogen and oxygen atoms in total. The fourth-order valence-electron chi connectivity index (χ4n) is 1.42. The molecule has 1 heterocycles. The minimum Gasteiger partial charge on any atom is -0.330 e. The zero-order chi connectivity index (χ0) is 10.8. The van der Waals surface area contributed by atoms with Crippen LogP contribution in [-0.2, 0) is 12.0 Å². The molecule has 2 N–H and O–H groups in total. The lowest BCUT2D eigenvalue weighted by molar-refractivity contribution is 0.492. The molecule has 0 radical (unpaired) electrons. The van der Waals surface area contributed by atoms with Gasteiger partial charge in [-0.2, -0.15) is 0 Å². The molecular formula is C10H18ClN3. The number of halogens is 1. The third kappa shape index (κ3) is 2.49. The predicted molar refractivity (Wildman–Crippen MR) is 59.6 cm³/mol. The van der Waals surface area contributed by atoms with E-state index in [2.05, 4.69) is 25.8 Å². The van der Waals surface area contributed by atoms with Crippen LogP contribution in [0.25, 0.3) is 0 Å². The Morgan fingerprint density at radius 2 is 2.14 bits per heavy atom. The van der Waals surface area contributed by atoms with Gasteiger partial charge in [-0.3, -0.25) is 0 Å². The van der Waals surface area contributed by atoms with Crippen LogP contribution in [0.1, 0.15) is 33.0 Å². The van der Waals surface area contributed by atoms with Gasteiger partial charge in [0.25, 0.3) is 0 Å². The number of nitrogens with two attached hydrogens (primary N) is 1. The Kier molecular flexibility index (Phi) is 3.56. The van der Waals surface area contributed by atoms with Crippen LogP contribution in [0, 0.1) is 0 Å². The van der Waals surface area contributed by atoms with Crippen LogP contribution in [0.3, 0.4) is 0 Å². The molecule has 0 saturated heterocycles. The SMILES string of the molecule is CC(C)(C)c1ncc(Cl)n1CCCN. The average Bonchev–Trinajstić information content (AvgIpc) is 2.42. The van der Waals surface area contributed by atoms with Crippen molar-refractivity contribution in [3.05, 3.63) is 17.2 Å². The molecule has 0 aliphatic heterocycles. The molecule has 1 aromatic heterocycles. The summed E-state index contributed by atoms with van der Waals surface area (Å²) >= 11 is 6.05. The summed E-state index contributed by atoms with van der Waals surface area (Å²) in [5.41, 5.74) is 5.51. The molecule has 0 aliphatic rings. The summed E-state index contributed by atoms with van der Waals surface area (Å²) in [4.78, 5) is 4.33. The summed E-state index contributed by atoms with van der Waals surface area (Å²) < 4.78 is 2.04. The van der Waals surface area contributed by atoms with Gasteiger partial charge >= 0.3 is 0 Å². The largest absolute Gasteiger partial charge is 0.330 e. The second-order valence-corrected chi connectivity index (χ2v) is 4.84. The fraction of sp³-hybridized carbons (Fsp3) is 0.700. The highest BCUT2D eigenvalue weighted by molar-refractivity contribution is 6.29. The molecule has 0 unspecified atom stereocenters. The number of hydrogen-bond donors (Lipinski definition) is 1. The number of imidazole rings is 1. The van der Waals surface area contributed by atoms with E-state index in [1.165, 1.54) is 0 Å². The molecule has 4 heteroatoms. The van der Waals surface area contributed by atoms with Gasteiger partial charge in [0, 0.05) is 12.0 Å². The van der Waals surface area contributed by atoms with Crippen molar-refractivity contribution < 1.29 is 0 Å². The Labute approximate surface area is 90.3 Å². The highest BCUT2D eigenvalue weighted by atomic mass is 35.5. The van der Waals surface area contributed by atoms with E-state index >= 15 is 0 Å². The number of aromatic nitrogens is 2. The maximum atomic E-state index is 6.05. The Bertz CT molecular complexity index is 299. The van der Waals surface area contributed by atoms with E-state index in [0.717, 1.165) is 18.8 Å². The summed E-state index contributed by atoms with van der Waals surface area (Å²) in [6.45, 7) is 7.92. The third-order valence-corrected chi connectivity index (χ3v) is 2.37. The quantitative estimate of drug-likeness (QED) is 0.840. The van der Waals surface area contributed by atoms with Gasteiger partial charge in [-0.25, -0.2) is 4.98 Å². The fourth-order valence-corrected chi connectivity index (χ4v) is 1.63. The van der Waals surface area contributed by atoms with Crippen molar-refractivity contribution in [1.29, 1.82) is 0 Å². The predicted octanol–water partition coefficient (Wildman–Crippen LogP) is 2.18. The van der Waals surface area contributed by atoms with E-state index in [0.29, 0.717) is 11.7 Å². The van der Waals surface area contributed by atoms with E-state index in [-0.39, 0.29) is 5.41 Å². The highest BCUT2D eigenvalue weighted by Crippen LogP contribution is 2.24. The second-order valence-electron chi connectivity index (χ2n) is 4.45. The maximum Gasteiger partial charge on any atom is 0.128 e. The second kappa shape index (κ2) is 4.32. The Balaban J connectivity index is 2.94. The van der Waals surface area contributed by atoms with Crippen molar-refractivity contribution in [3.63, 3.8) is 0 Å². The van der Waals surface area contributed by atoms with E-state index in [9.17, 15) is 0 Å². The number of rotatable bonds is 3. The van der Waals surface area contributed by atoms with Crippen LogP contribution >= 0.6 is 11.6 Å². The van der Waals surface area contributed by atoms with E-state index in [1.807, 2.05) is 4.57 Å². The Morgan fingerprint density at radius 3 is 2.64 bits per heavy atom. The third-order valence-electron chi connectivity index (χ3n) is 2.06. The number of nitrogens with zero attached hydrogens (tertiary/aromatic N) is 2. The highest BCUT2D eigenvalue weighted by Gasteiger charge is 2.21. The van der Waals surface area contributed by atoms with Crippen LogP contribution in [0.4, 0.5) is 0 Å². The van der Waals surface area contributed by atoms with Crippen LogP contribution in [-0.4, -0.2) is 16.1 Å². The zero-order valence-corrected chi connectivity index (χ0v) is 9.80. The monoisotopic (exact) mass is 215 g/mol. The summed E-state index contributed by atoms with van der Waals surface area (Å²) in [5.74, 6) is 1.02. The Hall–Kier alpha value is -0.540. The van der Waals surface area contributed by atoms with Gasteiger partial charge in [-0.1, -0.05) is 32.4 Å². The molecule has 0 aromatic carbocycles. The first kappa shape index (κ1) is 11.5. The van der Waals surface area contributed by atoms with Crippen LogP contribution in [0.2, 0.25) is 5.15 Å². The molecule has 0 saturated carbocycles. The topological polar surface area (TPSA) is 43.8 Å². The van der Waals surface area contributed by atoms with Crippen LogP contribution in [0.15, 0.2) is 6.20 Å². The van der Waals surface area contributed by atoms with Crippen LogP contribution in [0.5, 0.6) is 0 Å². The van der Waals surface area contributed by atoms with Gasteiger partial charge in [-0.05, 0) is 13.0 Å². The van der Waals surface area contributed by atoms with E-state index in [1.54, 1.807) is 6.20 Å².